The highest BCUT2D eigenvalue weighted by atomic mass is 16.3. The van der Waals surface area contributed by atoms with E-state index in [1.165, 1.54) is 18.2 Å². The zero-order chi connectivity index (χ0) is 19.1. The number of hydrogen-bond acceptors (Lipinski definition) is 5. The van der Waals surface area contributed by atoms with Crippen molar-refractivity contribution in [1.29, 1.82) is 0 Å². The average molecular weight is 362 g/mol. The van der Waals surface area contributed by atoms with Crippen molar-refractivity contribution < 1.29 is 14.7 Å². The van der Waals surface area contributed by atoms with Gasteiger partial charge < -0.3 is 15.7 Å². The van der Waals surface area contributed by atoms with E-state index in [-0.39, 0.29) is 30.0 Å². The van der Waals surface area contributed by atoms with Gasteiger partial charge in [0.1, 0.15) is 5.75 Å². The number of nitrogens with one attached hydrogen (secondary N) is 2. The number of aromatic hydroxyl groups is 1. The van der Waals surface area contributed by atoms with Gasteiger partial charge in [-0.25, -0.2) is 0 Å². The van der Waals surface area contributed by atoms with Crippen LogP contribution in [0, 0.1) is 0 Å². The molecule has 0 unspecified atom stereocenters. The maximum absolute atomic E-state index is 12.3. The van der Waals surface area contributed by atoms with Gasteiger partial charge >= 0.3 is 0 Å². The maximum atomic E-state index is 12.3. The van der Waals surface area contributed by atoms with Crippen LogP contribution < -0.4 is 10.6 Å². The molecule has 0 fully saturated rings. The Labute approximate surface area is 156 Å². The number of carbonyl (C=O) groups is 2. The van der Waals surface area contributed by atoms with Crippen molar-refractivity contribution in [2.75, 3.05) is 0 Å². The van der Waals surface area contributed by atoms with Gasteiger partial charge in [0.25, 0.3) is 11.8 Å². The number of nitrogens with zero attached hydrogens (tertiary/aromatic N) is 2. The van der Waals surface area contributed by atoms with Crippen LogP contribution in [0.4, 0.5) is 0 Å². The van der Waals surface area contributed by atoms with Gasteiger partial charge in [-0.1, -0.05) is 12.1 Å². The molecular formula is C20H18N4O3. The van der Waals surface area contributed by atoms with Crippen LogP contribution in [-0.4, -0.2) is 26.9 Å². The van der Waals surface area contributed by atoms with Crippen molar-refractivity contribution in [3.63, 3.8) is 0 Å². The number of amides is 2. The van der Waals surface area contributed by atoms with Crippen LogP contribution in [0.5, 0.6) is 5.75 Å². The van der Waals surface area contributed by atoms with E-state index in [1.54, 1.807) is 36.7 Å². The molecule has 0 saturated carbocycles. The molecule has 7 heteroatoms. The van der Waals surface area contributed by atoms with Gasteiger partial charge in [0.05, 0.1) is 24.5 Å². The number of phenols is 1. The molecule has 0 saturated heterocycles. The average Bonchev–Trinajstić information content (AvgIpc) is 2.71. The second-order valence-electron chi connectivity index (χ2n) is 5.78. The van der Waals surface area contributed by atoms with E-state index >= 15 is 0 Å². The summed E-state index contributed by atoms with van der Waals surface area (Å²) < 4.78 is 0. The third-order valence-corrected chi connectivity index (χ3v) is 3.75. The first-order valence-electron chi connectivity index (χ1n) is 8.32. The Bertz CT molecular complexity index is 857. The van der Waals surface area contributed by atoms with Crippen LogP contribution in [-0.2, 0) is 13.1 Å². The number of rotatable bonds is 6. The molecule has 0 atom stereocenters. The number of aromatic nitrogens is 2. The first kappa shape index (κ1) is 18.1. The van der Waals surface area contributed by atoms with Crippen molar-refractivity contribution >= 4 is 11.8 Å². The Hall–Kier alpha value is -3.74. The van der Waals surface area contributed by atoms with E-state index in [1.807, 2.05) is 12.1 Å². The molecule has 0 aliphatic carbocycles. The highest BCUT2D eigenvalue weighted by Gasteiger charge is 2.13. The fourth-order valence-electron chi connectivity index (χ4n) is 2.42. The molecule has 3 N–H and O–H groups in total. The van der Waals surface area contributed by atoms with Crippen molar-refractivity contribution in [3.05, 3.63) is 89.5 Å². The molecule has 0 radical (unpaired) electrons. The molecule has 136 valence electrons. The molecule has 0 aliphatic rings. The molecule has 27 heavy (non-hydrogen) atoms. The molecule has 2 amide bonds. The fraction of sp³-hybridized carbons (Fsp3) is 0.100. The summed E-state index contributed by atoms with van der Waals surface area (Å²) in [5.41, 5.74) is 1.79. The van der Waals surface area contributed by atoms with Gasteiger partial charge in [0, 0.05) is 23.5 Å². The normalized spacial score (nSPS) is 10.2. The Morgan fingerprint density at radius 2 is 1.26 bits per heavy atom. The molecule has 2 aromatic heterocycles. The summed E-state index contributed by atoms with van der Waals surface area (Å²) in [5, 5.41) is 15.3. The van der Waals surface area contributed by atoms with Crippen LogP contribution in [0.1, 0.15) is 32.1 Å². The van der Waals surface area contributed by atoms with Crippen LogP contribution >= 0.6 is 0 Å². The molecule has 1 aromatic carbocycles. The van der Waals surface area contributed by atoms with E-state index in [9.17, 15) is 14.7 Å². The van der Waals surface area contributed by atoms with E-state index in [0.717, 1.165) is 0 Å². The second-order valence-corrected chi connectivity index (χ2v) is 5.78. The minimum Gasteiger partial charge on any atom is -0.508 e. The third-order valence-electron chi connectivity index (χ3n) is 3.75. The Kier molecular flexibility index (Phi) is 5.73. The summed E-state index contributed by atoms with van der Waals surface area (Å²) >= 11 is 0. The maximum Gasteiger partial charge on any atom is 0.251 e. The van der Waals surface area contributed by atoms with E-state index in [2.05, 4.69) is 20.6 Å². The molecular weight excluding hydrogens is 344 g/mol. The zero-order valence-electron chi connectivity index (χ0n) is 14.4. The summed E-state index contributed by atoms with van der Waals surface area (Å²) in [6, 6.07) is 14.9. The van der Waals surface area contributed by atoms with Gasteiger partial charge in [-0.15, -0.1) is 0 Å². The summed E-state index contributed by atoms with van der Waals surface area (Å²) in [7, 11) is 0. The lowest BCUT2D eigenvalue weighted by molar-refractivity contribution is 0.0950. The minimum atomic E-state index is -0.407. The van der Waals surface area contributed by atoms with Crippen molar-refractivity contribution in [2.24, 2.45) is 0 Å². The molecule has 3 aromatic rings. The SMILES string of the molecule is O=C(NCc1ccccn1)c1cc(O)cc(C(=O)NCc2ccccn2)c1. The minimum absolute atomic E-state index is 0.163. The van der Waals surface area contributed by atoms with Crippen LogP contribution in [0.15, 0.2) is 67.0 Å². The van der Waals surface area contributed by atoms with Gasteiger partial charge in [-0.2, -0.15) is 0 Å². The topological polar surface area (TPSA) is 104 Å². The number of phenolic OH excluding ortho intramolecular Hbond substituents is 1. The number of hydrogen-bond donors (Lipinski definition) is 3. The second kappa shape index (κ2) is 8.57. The monoisotopic (exact) mass is 362 g/mol. The standard InChI is InChI=1S/C20H18N4O3/c25-18-10-14(19(26)23-12-16-5-1-3-7-21-16)9-15(11-18)20(27)24-13-17-6-2-4-8-22-17/h1-11,25H,12-13H2,(H,23,26)(H,24,27). The quantitative estimate of drug-likeness (QED) is 0.622. The first-order chi connectivity index (χ1) is 13.1. The van der Waals surface area contributed by atoms with Gasteiger partial charge in [0.2, 0.25) is 0 Å². The summed E-state index contributed by atoms with van der Waals surface area (Å²) in [5.74, 6) is -0.978. The van der Waals surface area contributed by atoms with Crippen molar-refractivity contribution in [3.8, 4) is 5.75 Å². The summed E-state index contributed by atoms with van der Waals surface area (Å²) in [4.78, 5) is 32.9. The highest BCUT2D eigenvalue weighted by Crippen LogP contribution is 2.16. The molecule has 0 spiro atoms. The predicted octanol–water partition coefficient (Wildman–Crippen LogP) is 2.04. The smallest absolute Gasteiger partial charge is 0.251 e. The first-order valence-corrected chi connectivity index (χ1v) is 8.32. The molecule has 2 heterocycles. The van der Waals surface area contributed by atoms with E-state index in [0.29, 0.717) is 11.4 Å². The van der Waals surface area contributed by atoms with Gasteiger partial charge in [-0.05, 0) is 42.5 Å². The Morgan fingerprint density at radius 1 is 0.778 bits per heavy atom. The summed E-state index contributed by atoms with van der Waals surface area (Å²) in [6.45, 7) is 0.493. The lowest BCUT2D eigenvalue weighted by Gasteiger charge is -2.09. The summed E-state index contributed by atoms with van der Waals surface area (Å²) in [6.07, 6.45) is 3.28. The Morgan fingerprint density at radius 3 is 1.67 bits per heavy atom. The van der Waals surface area contributed by atoms with Crippen LogP contribution in [0.2, 0.25) is 0 Å². The van der Waals surface area contributed by atoms with Gasteiger partial charge in [-0.3, -0.25) is 19.6 Å². The molecule has 3 rings (SSSR count). The lowest BCUT2D eigenvalue weighted by Crippen LogP contribution is -2.25. The molecule has 7 nitrogen and oxygen atoms in total. The largest absolute Gasteiger partial charge is 0.508 e. The molecule has 0 bridgehead atoms. The third kappa shape index (κ3) is 5.12. The van der Waals surface area contributed by atoms with Crippen LogP contribution in [0.3, 0.4) is 0 Å². The van der Waals surface area contributed by atoms with E-state index < -0.39 is 11.8 Å². The molecule has 0 aliphatic heterocycles. The van der Waals surface area contributed by atoms with E-state index in [4.69, 9.17) is 0 Å². The van der Waals surface area contributed by atoms with Crippen LogP contribution in [0.25, 0.3) is 0 Å². The predicted molar refractivity (Wildman–Crippen MR) is 98.9 cm³/mol. The zero-order valence-corrected chi connectivity index (χ0v) is 14.4. The number of carbonyl (C=O) groups excluding carboxylic acids is 2. The van der Waals surface area contributed by atoms with Crippen molar-refractivity contribution in [2.45, 2.75) is 13.1 Å². The number of pyridine rings is 2. The highest BCUT2D eigenvalue weighted by molar-refractivity contribution is 6.00. The van der Waals surface area contributed by atoms with Crippen molar-refractivity contribution in [1.82, 2.24) is 20.6 Å². The number of benzene rings is 1. The Balaban J connectivity index is 1.66. The fourth-order valence-corrected chi connectivity index (χ4v) is 2.42. The van der Waals surface area contributed by atoms with Gasteiger partial charge in [0.15, 0.2) is 0 Å². The lowest BCUT2D eigenvalue weighted by atomic mass is 10.1.